The molecule has 3 aromatic rings. The minimum Gasteiger partial charge on any atom is -0.497 e. The average Bonchev–Trinajstić information content (AvgIpc) is 3.47. The Kier molecular flexibility index (Phi) is 6.23. The van der Waals surface area contributed by atoms with E-state index in [1.165, 1.54) is 0 Å². The Hall–Kier alpha value is -3.39. The lowest BCUT2D eigenvalue weighted by Crippen LogP contribution is -2.50. The minimum absolute atomic E-state index is 0.268. The number of ether oxygens (including phenoxy) is 4. The molecule has 182 valence electrons. The molecule has 5 atom stereocenters. The third-order valence-electron chi connectivity index (χ3n) is 7.06. The number of carbonyl (C=O) groups is 1. The van der Waals surface area contributed by atoms with Crippen LogP contribution in [0.25, 0.3) is 0 Å². The van der Waals surface area contributed by atoms with E-state index in [-0.39, 0.29) is 6.42 Å². The second-order valence-electron chi connectivity index (χ2n) is 8.90. The van der Waals surface area contributed by atoms with Crippen molar-refractivity contribution in [3.63, 3.8) is 0 Å². The highest BCUT2D eigenvalue weighted by molar-refractivity contribution is 5.71. The highest BCUT2D eigenvalue weighted by atomic mass is 16.6. The molecule has 2 N–H and O–H groups in total. The molecule has 5 rings (SSSR count). The van der Waals surface area contributed by atoms with Gasteiger partial charge in [-0.25, -0.2) is 0 Å². The molecule has 0 aromatic heterocycles. The van der Waals surface area contributed by atoms with Crippen molar-refractivity contribution in [3.05, 3.63) is 95.6 Å². The molecule has 0 radical (unpaired) electrons. The molecular weight excluding hydrogens is 448 g/mol. The number of hydrogen-bond acceptors (Lipinski definition) is 6. The van der Waals surface area contributed by atoms with Gasteiger partial charge in [-0.05, 0) is 47.4 Å². The molecule has 2 aliphatic heterocycles. The summed E-state index contributed by atoms with van der Waals surface area (Å²) in [4.78, 5) is 11.9. The first kappa shape index (κ1) is 23.4. The zero-order valence-electron chi connectivity index (χ0n) is 19.5. The number of aliphatic hydroxyl groups excluding tert-OH is 1. The van der Waals surface area contributed by atoms with E-state index in [2.05, 4.69) is 0 Å². The normalized spacial score (nSPS) is 25.4. The second kappa shape index (κ2) is 9.34. The van der Waals surface area contributed by atoms with Crippen molar-refractivity contribution in [3.8, 4) is 11.5 Å². The van der Waals surface area contributed by atoms with E-state index in [9.17, 15) is 15.0 Å². The minimum atomic E-state index is -1.16. The van der Waals surface area contributed by atoms with E-state index >= 15 is 0 Å². The van der Waals surface area contributed by atoms with E-state index in [1.807, 2.05) is 78.9 Å². The molecular formula is C28H28O7. The molecule has 2 aliphatic rings. The number of fused-ring (bicyclic) bond motifs is 2. The summed E-state index contributed by atoms with van der Waals surface area (Å²) in [5.74, 6) is -0.301. The summed E-state index contributed by atoms with van der Waals surface area (Å²) in [7, 11) is 3.21. The number of aliphatic hydroxyl groups is 1. The third kappa shape index (κ3) is 3.95. The lowest BCUT2D eigenvalue weighted by molar-refractivity contribution is -0.153. The fraction of sp³-hybridized carbons (Fsp3) is 0.321. The fourth-order valence-corrected chi connectivity index (χ4v) is 5.28. The molecule has 3 aromatic carbocycles. The van der Waals surface area contributed by atoms with Crippen molar-refractivity contribution in [2.45, 2.75) is 36.4 Å². The monoisotopic (exact) mass is 476 g/mol. The van der Waals surface area contributed by atoms with Gasteiger partial charge in [-0.15, -0.1) is 0 Å². The Bertz CT molecular complexity index is 1110. The number of aliphatic carboxylic acids is 1. The molecule has 0 unspecified atom stereocenters. The maximum Gasteiger partial charge on any atom is 0.309 e. The Morgan fingerprint density at radius 2 is 1.37 bits per heavy atom. The van der Waals surface area contributed by atoms with Gasteiger partial charge in [-0.2, -0.15) is 0 Å². The van der Waals surface area contributed by atoms with Crippen LogP contribution in [0.15, 0.2) is 78.9 Å². The van der Waals surface area contributed by atoms with Crippen LogP contribution in [0.4, 0.5) is 0 Å². The number of carboxylic acid groups (broad SMARTS) is 1. The summed E-state index contributed by atoms with van der Waals surface area (Å²) in [6.07, 6.45) is -2.86. The predicted molar refractivity (Wildman–Crippen MR) is 128 cm³/mol. The number of carboxylic acids is 1. The van der Waals surface area contributed by atoms with Gasteiger partial charge in [0.25, 0.3) is 0 Å². The van der Waals surface area contributed by atoms with Crippen LogP contribution >= 0.6 is 0 Å². The van der Waals surface area contributed by atoms with Gasteiger partial charge in [0.1, 0.15) is 35.4 Å². The lowest BCUT2D eigenvalue weighted by Gasteiger charge is -2.41. The molecule has 7 heteroatoms. The van der Waals surface area contributed by atoms with Gasteiger partial charge >= 0.3 is 5.97 Å². The topological polar surface area (TPSA) is 94.5 Å². The molecule has 7 nitrogen and oxygen atoms in total. The van der Waals surface area contributed by atoms with E-state index in [1.54, 1.807) is 14.2 Å². The van der Waals surface area contributed by atoms with E-state index in [0.717, 1.165) is 16.7 Å². The highest BCUT2D eigenvalue weighted by Gasteiger charge is 2.59. The largest absolute Gasteiger partial charge is 0.497 e. The molecule has 2 heterocycles. The SMILES string of the molecule is COc1ccc(C(O[C@@H]2[C@H](O)[C@H]3C[C@H](C(=O)O)[C@@H]2O3)(c2ccccc2)c2ccc(OC)cc2)cc1. The predicted octanol–water partition coefficient (Wildman–Crippen LogP) is 3.61. The summed E-state index contributed by atoms with van der Waals surface area (Å²) >= 11 is 0. The Balaban J connectivity index is 1.69. The average molecular weight is 477 g/mol. The summed E-state index contributed by atoms with van der Waals surface area (Å²) in [6.45, 7) is 0. The molecule has 0 saturated carbocycles. The van der Waals surface area contributed by atoms with Crippen molar-refractivity contribution in [1.29, 1.82) is 0 Å². The van der Waals surface area contributed by atoms with Crippen molar-refractivity contribution < 1.29 is 34.0 Å². The van der Waals surface area contributed by atoms with Crippen molar-refractivity contribution >= 4 is 5.97 Å². The first-order valence-corrected chi connectivity index (χ1v) is 11.6. The van der Waals surface area contributed by atoms with E-state index in [4.69, 9.17) is 18.9 Å². The maximum atomic E-state index is 11.9. The third-order valence-corrected chi connectivity index (χ3v) is 7.06. The van der Waals surface area contributed by atoms with Gasteiger partial charge in [0.2, 0.25) is 0 Å². The molecule has 0 amide bonds. The van der Waals surface area contributed by atoms with Crippen LogP contribution in [-0.2, 0) is 19.9 Å². The molecule has 0 spiro atoms. The van der Waals surface area contributed by atoms with Gasteiger partial charge < -0.3 is 29.2 Å². The van der Waals surface area contributed by atoms with Crippen LogP contribution in [0.2, 0.25) is 0 Å². The molecule has 2 fully saturated rings. The Labute approximate surface area is 203 Å². The Morgan fingerprint density at radius 3 is 1.83 bits per heavy atom. The van der Waals surface area contributed by atoms with Gasteiger partial charge in [-0.1, -0.05) is 54.6 Å². The lowest BCUT2D eigenvalue weighted by atomic mass is 9.78. The molecule has 2 saturated heterocycles. The van der Waals surface area contributed by atoms with Crippen LogP contribution in [-0.4, -0.2) is 54.8 Å². The number of hydrogen-bond donors (Lipinski definition) is 2. The summed E-state index contributed by atoms with van der Waals surface area (Å²) in [5, 5.41) is 20.8. The van der Waals surface area contributed by atoms with Gasteiger partial charge in [0, 0.05) is 0 Å². The quantitative estimate of drug-likeness (QED) is 0.480. The van der Waals surface area contributed by atoms with Gasteiger partial charge in [-0.3, -0.25) is 4.79 Å². The van der Waals surface area contributed by atoms with Gasteiger partial charge in [0.15, 0.2) is 0 Å². The van der Waals surface area contributed by atoms with Crippen molar-refractivity contribution in [2.75, 3.05) is 14.2 Å². The second-order valence-corrected chi connectivity index (χ2v) is 8.90. The van der Waals surface area contributed by atoms with Crippen molar-refractivity contribution in [1.82, 2.24) is 0 Å². The van der Waals surface area contributed by atoms with Crippen LogP contribution in [0.1, 0.15) is 23.1 Å². The molecule has 0 aliphatic carbocycles. The molecule has 35 heavy (non-hydrogen) atoms. The number of rotatable bonds is 8. The zero-order valence-corrected chi connectivity index (χ0v) is 19.5. The zero-order chi connectivity index (χ0) is 24.6. The molecule has 2 bridgehead atoms. The van der Waals surface area contributed by atoms with Crippen molar-refractivity contribution in [2.24, 2.45) is 5.92 Å². The first-order chi connectivity index (χ1) is 17.0. The van der Waals surface area contributed by atoms with Crippen LogP contribution in [0.3, 0.4) is 0 Å². The summed E-state index contributed by atoms with van der Waals surface area (Å²) in [6, 6.07) is 24.8. The van der Waals surface area contributed by atoms with Crippen LogP contribution < -0.4 is 9.47 Å². The van der Waals surface area contributed by atoms with E-state index < -0.39 is 41.9 Å². The first-order valence-electron chi connectivity index (χ1n) is 11.6. The fourth-order valence-electron chi connectivity index (χ4n) is 5.28. The maximum absolute atomic E-state index is 11.9. The van der Waals surface area contributed by atoms with E-state index in [0.29, 0.717) is 11.5 Å². The number of methoxy groups -OCH3 is 2. The smallest absolute Gasteiger partial charge is 0.309 e. The van der Waals surface area contributed by atoms with Crippen LogP contribution in [0, 0.1) is 5.92 Å². The Morgan fingerprint density at radius 1 is 0.857 bits per heavy atom. The standard InChI is InChI=1S/C28H28O7/c1-32-20-12-8-18(9-13-20)28(17-6-4-3-5-7-17,19-10-14-21(33-2)15-11-19)35-26-24(29)23-16-22(27(30)31)25(26)34-23/h3-15,22-26,29H,16H2,1-2H3,(H,30,31)/t22-,23+,24+,25-,26+/m0/s1. The number of benzene rings is 3. The van der Waals surface area contributed by atoms with Crippen LogP contribution in [0.5, 0.6) is 11.5 Å². The highest BCUT2D eigenvalue weighted by Crippen LogP contribution is 2.48. The van der Waals surface area contributed by atoms with Gasteiger partial charge in [0.05, 0.1) is 26.2 Å². The summed E-state index contributed by atoms with van der Waals surface area (Å²) in [5.41, 5.74) is 1.27. The summed E-state index contributed by atoms with van der Waals surface area (Å²) < 4.78 is 23.6.